The van der Waals surface area contributed by atoms with Crippen LogP contribution in [0.1, 0.15) is 35.0 Å². The fourth-order valence-electron chi connectivity index (χ4n) is 3.16. The van der Waals surface area contributed by atoms with Gasteiger partial charge in [-0.3, -0.25) is 10.1 Å². The van der Waals surface area contributed by atoms with E-state index in [9.17, 15) is 4.79 Å². The largest absolute Gasteiger partial charge is 0.451 e. The maximum Gasteiger partial charge on any atom is 0.293 e. The average Bonchev–Trinajstić information content (AvgIpc) is 3.28. The van der Waals surface area contributed by atoms with E-state index >= 15 is 0 Å². The molecule has 0 saturated carbocycles. The normalized spacial score (nSPS) is 11.1. The number of aromatic nitrogens is 1. The second-order valence-corrected chi connectivity index (χ2v) is 8.41. The second-order valence-electron chi connectivity index (χ2n) is 6.64. The van der Waals surface area contributed by atoms with Gasteiger partial charge in [-0.2, -0.15) is 0 Å². The molecule has 0 atom stereocenters. The average molecular weight is 455 g/mol. The van der Waals surface area contributed by atoms with Crippen LogP contribution < -0.4 is 5.32 Å². The van der Waals surface area contributed by atoms with Gasteiger partial charge in [-0.05, 0) is 37.1 Å². The Morgan fingerprint density at radius 3 is 2.75 bits per heavy atom. The minimum absolute atomic E-state index is 0.288. The van der Waals surface area contributed by atoms with Gasteiger partial charge in [0, 0.05) is 26.4 Å². The highest BCUT2D eigenvalue weighted by Crippen LogP contribution is 2.30. The Bertz CT molecular complexity index is 1150. The summed E-state index contributed by atoms with van der Waals surface area (Å²) >= 11 is 4.86. The van der Waals surface area contributed by atoms with Gasteiger partial charge in [0.1, 0.15) is 5.58 Å². The molecule has 0 aliphatic rings. The fourth-order valence-corrected chi connectivity index (χ4v) is 4.23. The zero-order valence-electron chi connectivity index (χ0n) is 15.6. The highest BCUT2D eigenvalue weighted by molar-refractivity contribution is 9.10. The molecule has 0 spiro atoms. The second kappa shape index (κ2) is 7.89. The van der Waals surface area contributed by atoms with Crippen LogP contribution in [-0.2, 0) is 6.42 Å². The van der Waals surface area contributed by atoms with E-state index in [2.05, 4.69) is 57.4 Å². The summed E-state index contributed by atoms with van der Waals surface area (Å²) in [5.41, 5.74) is 4.73. The van der Waals surface area contributed by atoms with Crippen molar-refractivity contribution in [2.45, 2.75) is 26.7 Å². The molecule has 0 fully saturated rings. The van der Waals surface area contributed by atoms with Crippen molar-refractivity contribution < 1.29 is 9.21 Å². The molecule has 28 heavy (non-hydrogen) atoms. The van der Waals surface area contributed by atoms with Crippen LogP contribution in [0.4, 0.5) is 5.13 Å². The van der Waals surface area contributed by atoms with E-state index < -0.39 is 0 Å². The van der Waals surface area contributed by atoms with Gasteiger partial charge in [-0.1, -0.05) is 53.5 Å². The van der Waals surface area contributed by atoms with E-state index in [0.29, 0.717) is 16.5 Å². The molecule has 4 rings (SSSR count). The number of nitrogens with one attached hydrogen (secondary N) is 1. The number of rotatable bonds is 5. The van der Waals surface area contributed by atoms with Crippen LogP contribution >= 0.6 is 27.3 Å². The number of hydrogen-bond donors (Lipinski definition) is 1. The van der Waals surface area contributed by atoms with Crippen LogP contribution in [0, 0.1) is 6.92 Å². The molecule has 0 radical (unpaired) electrons. The van der Waals surface area contributed by atoms with Gasteiger partial charge in [-0.15, -0.1) is 11.3 Å². The van der Waals surface area contributed by atoms with Gasteiger partial charge < -0.3 is 4.42 Å². The summed E-state index contributed by atoms with van der Waals surface area (Å²) in [6.07, 6.45) is 2.20. The molecule has 2 aromatic carbocycles. The van der Waals surface area contributed by atoms with Crippen molar-refractivity contribution in [3.63, 3.8) is 0 Å². The summed E-state index contributed by atoms with van der Waals surface area (Å²) in [5.74, 6) is 0.0257. The molecule has 0 aliphatic heterocycles. The first-order valence-corrected chi connectivity index (χ1v) is 10.8. The first-order chi connectivity index (χ1) is 13.5. The number of amides is 1. The minimum Gasteiger partial charge on any atom is -0.451 e. The molecule has 4 nitrogen and oxygen atoms in total. The van der Waals surface area contributed by atoms with E-state index in [1.807, 2.05) is 30.5 Å². The molecule has 1 N–H and O–H groups in total. The molecule has 6 heteroatoms. The smallest absolute Gasteiger partial charge is 0.293 e. The van der Waals surface area contributed by atoms with E-state index in [-0.39, 0.29) is 5.91 Å². The van der Waals surface area contributed by atoms with Crippen LogP contribution in [0.15, 0.2) is 56.7 Å². The third-order valence-electron chi connectivity index (χ3n) is 4.62. The van der Waals surface area contributed by atoms with Gasteiger partial charge in [0.2, 0.25) is 0 Å². The van der Waals surface area contributed by atoms with Crippen LogP contribution in [0.3, 0.4) is 0 Å². The van der Waals surface area contributed by atoms with E-state index in [0.717, 1.165) is 39.5 Å². The van der Waals surface area contributed by atoms with Crippen molar-refractivity contribution in [2.24, 2.45) is 0 Å². The Morgan fingerprint density at radius 1 is 1.21 bits per heavy atom. The summed E-state index contributed by atoms with van der Waals surface area (Å²) < 4.78 is 6.71. The molecule has 0 unspecified atom stereocenters. The first-order valence-electron chi connectivity index (χ1n) is 9.10. The summed E-state index contributed by atoms with van der Waals surface area (Å²) in [6.45, 7) is 4.06. The topological polar surface area (TPSA) is 55.1 Å². The Kier molecular flexibility index (Phi) is 5.33. The van der Waals surface area contributed by atoms with Gasteiger partial charge in [-0.25, -0.2) is 4.98 Å². The molecule has 0 aliphatic carbocycles. The minimum atomic E-state index is -0.288. The van der Waals surface area contributed by atoms with Gasteiger partial charge >= 0.3 is 0 Å². The summed E-state index contributed by atoms with van der Waals surface area (Å²) in [4.78, 5) is 17.3. The van der Waals surface area contributed by atoms with Crippen molar-refractivity contribution >= 4 is 49.3 Å². The maximum atomic E-state index is 12.7. The van der Waals surface area contributed by atoms with Gasteiger partial charge in [0.05, 0.1) is 5.69 Å². The predicted molar refractivity (Wildman–Crippen MR) is 118 cm³/mol. The SMILES string of the molecule is CCCc1ccc(-c2csc(NC(=O)c3oc4ccc(Br)cc4c3C)n2)cc1. The van der Waals surface area contributed by atoms with Gasteiger partial charge in [0.25, 0.3) is 5.91 Å². The quantitative estimate of drug-likeness (QED) is 0.359. The third-order valence-corrected chi connectivity index (χ3v) is 5.87. The zero-order valence-corrected chi connectivity index (χ0v) is 18.0. The number of halogens is 1. The summed E-state index contributed by atoms with van der Waals surface area (Å²) in [6, 6.07) is 14.1. The summed E-state index contributed by atoms with van der Waals surface area (Å²) in [7, 11) is 0. The van der Waals surface area contributed by atoms with Crippen LogP contribution in [0.25, 0.3) is 22.2 Å². The predicted octanol–water partition coefficient (Wildman–Crippen LogP) is 6.83. The van der Waals surface area contributed by atoms with Crippen LogP contribution in [0.5, 0.6) is 0 Å². The number of fused-ring (bicyclic) bond motifs is 1. The lowest BCUT2D eigenvalue weighted by Gasteiger charge is -2.01. The molecular formula is C22H19BrN2O2S. The Hall–Kier alpha value is -2.44. The summed E-state index contributed by atoms with van der Waals surface area (Å²) in [5, 5.41) is 6.29. The number of hydrogen-bond acceptors (Lipinski definition) is 4. The third kappa shape index (κ3) is 3.75. The number of furan rings is 1. The fraction of sp³-hybridized carbons (Fsp3) is 0.182. The number of nitrogens with zero attached hydrogens (tertiary/aromatic N) is 1. The number of carbonyl (C=O) groups excluding carboxylic acids is 1. The lowest BCUT2D eigenvalue weighted by atomic mass is 10.1. The Morgan fingerprint density at radius 2 is 2.00 bits per heavy atom. The Labute approximate surface area is 175 Å². The van der Waals surface area contributed by atoms with Crippen molar-refractivity contribution in [3.8, 4) is 11.3 Å². The van der Waals surface area contributed by atoms with E-state index in [1.54, 1.807) is 0 Å². The number of anilines is 1. The van der Waals surface area contributed by atoms with Crippen molar-refractivity contribution in [1.82, 2.24) is 4.98 Å². The lowest BCUT2D eigenvalue weighted by molar-refractivity contribution is 0.0998. The first kappa shape index (κ1) is 18.9. The molecule has 4 aromatic rings. The maximum absolute atomic E-state index is 12.7. The Balaban J connectivity index is 1.54. The number of carbonyl (C=O) groups is 1. The van der Waals surface area contributed by atoms with E-state index in [4.69, 9.17) is 4.42 Å². The van der Waals surface area contributed by atoms with Crippen molar-refractivity contribution in [3.05, 3.63) is 69.2 Å². The molecule has 2 heterocycles. The number of aryl methyl sites for hydroxylation is 2. The molecule has 2 aromatic heterocycles. The van der Waals surface area contributed by atoms with Crippen LogP contribution in [0.2, 0.25) is 0 Å². The lowest BCUT2D eigenvalue weighted by Crippen LogP contribution is -2.11. The number of thiazole rings is 1. The number of benzene rings is 2. The van der Waals surface area contributed by atoms with Crippen molar-refractivity contribution in [1.29, 1.82) is 0 Å². The van der Waals surface area contributed by atoms with E-state index in [1.165, 1.54) is 16.9 Å². The highest BCUT2D eigenvalue weighted by atomic mass is 79.9. The van der Waals surface area contributed by atoms with Crippen LogP contribution in [-0.4, -0.2) is 10.9 Å². The van der Waals surface area contributed by atoms with Gasteiger partial charge in [0.15, 0.2) is 10.9 Å². The molecule has 0 saturated heterocycles. The molecule has 142 valence electrons. The zero-order chi connectivity index (χ0) is 19.7. The molecule has 1 amide bonds. The highest BCUT2D eigenvalue weighted by Gasteiger charge is 2.19. The molecular weight excluding hydrogens is 436 g/mol. The molecule has 0 bridgehead atoms. The van der Waals surface area contributed by atoms with Crippen molar-refractivity contribution in [2.75, 3.05) is 5.32 Å². The monoisotopic (exact) mass is 454 g/mol. The standard InChI is InChI=1S/C22H19BrN2O2S/c1-3-4-14-5-7-15(8-6-14)18-12-28-22(24-18)25-21(26)20-13(2)17-11-16(23)9-10-19(17)27-20/h5-12H,3-4H2,1-2H3,(H,24,25,26).